The summed E-state index contributed by atoms with van der Waals surface area (Å²) in [6, 6.07) is 57.0. The molecule has 0 saturated heterocycles. The SMILES string of the molecule is CN(C)c1ccnc(-c2[c-]c(Oc3[c-]c(C4(c5ccccn5)c5ccccc5N(c5ccccc5)c5ccccc54)ccc3)ccc2)c1.[Pt+2]. The van der Waals surface area contributed by atoms with Crippen LogP contribution < -0.4 is 14.5 Å². The van der Waals surface area contributed by atoms with Crippen molar-refractivity contribution in [2.45, 2.75) is 5.41 Å². The van der Waals surface area contributed by atoms with Crippen LogP contribution in [0.3, 0.4) is 0 Å². The Morgan fingerprint density at radius 1 is 0.612 bits per heavy atom. The fraction of sp³-hybridized carbons (Fsp3) is 0.0698. The second-order valence-corrected chi connectivity index (χ2v) is 11.9. The summed E-state index contributed by atoms with van der Waals surface area (Å²) < 4.78 is 6.52. The van der Waals surface area contributed by atoms with Gasteiger partial charge >= 0.3 is 21.1 Å². The molecule has 1 aliphatic heterocycles. The van der Waals surface area contributed by atoms with Crippen LogP contribution >= 0.6 is 0 Å². The Kier molecular flexibility index (Phi) is 8.86. The maximum Gasteiger partial charge on any atom is 2.00 e. The van der Waals surface area contributed by atoms with Crippen LogP contribution in [0.1, 0.15) is 22.4 Å². The minimum absolute atomic E-state index is 0. The van der Waals surface area contributed by atoms with Gasteiger partial charge in [-0.05, 0) is 59.3 Å². The fourth-order valence-electron chi connectivity index (χ4n) is 6.74. The summed E-state index contributed by atoms with van der Waals surface area (Å²) in [5.74, 6) is 1.18. The van der Waals surface area contributed by atoms with Crippen LogP contribution in [0.2, 0.25) is 0 Å². The van der Waals surface area contributed by atoms with Gasteiger partial charge in [0.2, 0.25) is 0 Å². The number of rotatable bonds is 7. The molecule has 5 nitrogen and oxygen atoms in total. The normalized spacial score (nSPS) is 12.7. The number of nitrogens with zero attached hydrogens (tertiary/aromatic N) is 4. The van der Waals surface area contributed by atoms with Crippen LogP contribution in [-0.2, 0) is 26.5 Å². The second kappa shape index (κ2) is 13.5. The number of anilines is 4. The molecule has 0 radical (unpaired) electrons. The van der Waals surface area contributed by atoms with Crippen molar-refractivity contribution in [3.05, 3.63) is 193 Å². The van der Waals surface area contributed by atoms with E-state index in [1.54, 1.807) is 0 Å². The molecule has 49 heavy (non-hydrogen) atoms. The first-order valence-corrected chi connectivity index (χ1v) is 16.0. The molecule has 0 fully saturated rings. The van der Waals surface area contributed by atoms with Gasteiger partial charge in [-0.3, -0.25) is 4.98 Å². The smallest absolute Gasteiger partial charge is 0.503 e. The maximum absolute atomic E-state index is 6.52. The van der Waals surface area contributed by atoms with Crippen LogP contribution in [0.5, 0.6) is 11.5 Å². The third kappa shape index (κ3) is 5.71. The monoisotopic (exact) mass is 815 g/mol. The van der Waals surface area contributed by atoms with Crippen molar-refractivity contribution in [3.8, 4) is 22.8 Å². The van der Waals surface area contributed by atoms with Gasteiger partial charge in [0.1, 0.15) is 0 Å². The van der Waals surface area contributed by atoms with Crippen molar-refractivity contribution in [3.63, 3.8) is 0 Å². The zero-order chi connectivity index (χ0) is 32.5. The van der Waals surface area contributed by atoms with Gasteiger partial charge in [0.05, 0.1) is 22.5 Å². The van der Waals surface area contributed by atoms with E-state index in [1.807, 2.05) is 69.0 Å². The number of hydrogen-bond acceptors (Lipinski definition) is 5. The van der Waals surface area contributed by atoms with Gasteiger partial charge in [-0.2, -0.15) is 12.1 Å². The van der Waals surface area contributed by atoms with Crippen molar-refractivity contribution in [2.24, 2.45) is 0 Å². The summed E-state index contributed by atoms with van der Waals surface area (Å²) in [5.41, 5.74) is 9.30. The van der Waals surface area contributed by atoms with Crippen molar-refractivity contribution < 1.29 is 25.8 Å². The first-order chi connectivity index (χ1) is 23.6. The Balaban J connectivity index is 0.00000378. The molecule has 1 aliphatic rings. The molecular formula is C43H32N4OPt. The standard InChI is InChI=1S/C43H32N4O.Pt/c1-46(2)34-25-27-44-39(30-34)31-14-12-18-35(28-31)48-36-19-13-15-32(29-36)43(42-24-10-11-26-45-42)37-20-6-8-22-40(37)47(33-16-4-3-5-17-33)41-23-9-7-21-38(41)43;/h3-27,30H,1-2H3;/q-2;+2. The summed E-state index contributed by atoms with van der Waals surface area (Å²) in [7, 11) is 4.04. The predicted octanol–water partition coefficient (Wildman–Crippen LogP) is 9.77. The molecule has 0 amide bonds. The Bertz CT molecular complexity index is 2170. The molecule has 0 bridgehead atoms. The summed E-state index contributed by atoms with van der Waals surface area (Å²) in [4.78, 5) is 14.0. The zero-order valence-electron chi connectivity index (χ0n) is 27.0. The van der Waals surface area contributed by atoms with E-state index in [0.29, 0.717) is 11.5 Å². The molecule has 0 atom stereocenters. The Labute approximate surface area is 301 Å². The number of fused-ring (bicyclic) bond motifs is 2. The summed E-state index contributed by atoms with van der Waals surface area (Å²) >= 11 is 0. The van der Waals surface area contributed by atoms with E-state index in [-0.39, 0.29) is 21.1 Å². The Morgan fingerprint density at radius 2 is 1.27 bits per heavy atom. The molecule has 0 spiro atoms. The first-order valence-electron chi connectivity index (χ1n) is 16.0. The molecule has 0 saturated carbocycles. The van der Waals surface area contributed by atoms with Gasteiger partial charge < -0.3 is 19.5 Å². The van der Waals surface area contributed by atoms with Crippen LogP contribution in [0.15, 0.2) is 158 Å². The molecule has 2 aromatic heterocycles. The van der Waals surface area contributed by atoms with E-state index in [2.05, 4.69) is 130 Å². The fourth-order valence-corrected chi connectivity index (χ4v) is 6.74. The molecule has 0 aliphatic carbocycles. The van der Waals surface area contributed by atoms with Gasteiger partial charge in [-0.1, -0.05) is 72.8 Å². The van der Waals surface area contributed by atoms with Crippen LogP contribution in [0.25, 0.3) is 11.3 Å². The summed E-state index contributed by atoms with van der Waals surface area (Å²) in [6.45, 7) is 0. The van der Waals surface area contributed by atoms with Crippen molar-refractivity contribution in [1.29, 1.82) is 0 Å². The van der Waals surface area contributed by atoms with E-state index in [4.69, 9.17) is 9.72 Å². The maximum atomic E-state index is 6.52. The van der Waals surface area contributed by atoms with Crippen molar-refractivity contribution >= 4 is 22.7 Å². The average Bonchev–Trinajstić information content (AvgIpc) is 3.15. The van der Waals surface area contributed by atoms with Gasteiger partial charge in [0.15, 0.2) is 0 Å². The molecular weight excluding hydrogens is 784 g/mol. The number of ether oxygens (including phenoxy) is 1. The van der Waals surface area contributed by atoms with Crippen LogP contribution in [-0.4, -0.2) is 24.1 Å². The topological polar surface area (TPSA) is 41.5 Å². The van der Waals surface area contributed by atoms with Gasteiger partial charge in [0.25, 0.3) is 0 Å². The molecule has 8 rings (SSSR count). The number of hydrogen-bond donors (Lipinski definition) is 0. The van der Waals surface area contributed by atoms with E-state index < -0.39 is 5.41 Å². The predicted molar refractivity (Wildman–Crippen MR) is 193 cm³/mol. The first kappa shape index (κ1) is 32.1. The van der Waals surface area contributed by atoms with Crippen molar-refractivity contribution in [2.75, 3.05) is 23.9 Å². The minimum Gasteiger partial charge on any atom is -0.503 e. The van der Waals surface area contributed by atoms with E-state index in [1.165, 1.54) is 0 Å². The van der Waals surface area contributed by atoms with Gasteiger partial charge in [-0.15, -0.1) is 41.5 Å². The third-order valence-corrected chi connectivity index (χ3v) is 8.86. The summed E-state index contributed by atoms with van der Waals surface area (Å²) in [6.07, 6.45) is 3.69. The second-order valence-electron chi connectivity index (χ2n) is 11.9. The molecule has 7 aromatic rings. The Morgan fingerprint density at radius 3 is 1.96 bits per heavy atom. The van der Waals surface area contributed by atoms with Gasteiger partial charge in [-0.25, -0.2) is 0 Å². The molecule has 6 heteroatoms. The number of para-hydroxylation sites is 3. The number of pyridine rings is 2. The quantitative estimate of drug-likeness (QED) is 0.150. The van der Waals surface area contributed by atoms with Crippen molar-refractivity contribution in [1.82, 2.24) is 9.97 Å². The molecule has 5 aromatic carbocycles. The molecule has 240 valence electrons. The van der Waals surface area contributed by atoms with E-state index in [9.17, 15) is 0 Å². The van der Waals surface area contributed by atoms with E-state index >= 15 is 0 Å². The minimum atomic E-state index is -0.777. The molecule has 3 heterocycles. The largest absolute Gasteiger partial charge is 2.00 e. The number of benzene rings is 5. The van der Waals surface area contributed by atoms with Crippen LogP contribution in [0, 0.1) is 12.1 Å². The molecule has 0 unspecified atom stereocenters. The number of aromatic nitrogens is 2. The van der Waals surface area contributed by atoms with Gasteiger partial charge in [0, 0.05) is 49.4 Å². The third-order valence-electron chi connectivity index (χ3n) is 8.86. The average molecular weight is 816 g/mol. The summed E-state index contributed by atoms with van der Waals surface area (Å²) in [5, 5.41) is 0. The zero-order valence-corrected chi connectivity index (χ0v) is 29.3. The van der Waals surface area contributed by atoms with Crippen LogP contribution in [0.4, 0.5) is 22.7 Å². The van der Waals surface area contributed by atoms with E-state index in [0.717, 1.165) is 56.4 Å². The Hall–Kier alpha value is -5.51. The molecule has 0 N–H and O–H groups in total.